The van der Waals surface area contributed by atoms with Crippen molar-refractivity contribution < 1.29 is 0 Å². The molecule has 0 atom stereocenters. The van der Waals surface area contributed by atoms with Crippen LogP contribution in [0.4, 0.5) is 0 Å². The second-order valence-corrected chi connectivity index (χ2v) is 5.67. The Morgan fingerprint density at radius 1 is 1.35 bits per heavy atom. The van der Waals surface area contributed by atoms with Crippen molar-refractivity contribution in [2.24, 2.45) is 0 Å². The van der Waals surface area contributed by atoms with Crippen LogP contribution >= 0.6 is 27.7 Å². The first kappa shape index (κ1) is 13.3. The molecule has 3 heterocycles. The maximum atomic E-state index is 11.8. The lowest BCUT2D eigenvalue weighted by Gasteiger charge is -2.06. The summed E-state index contributed by atoms with van der Waals surface area (Å²) in [6.07, 6.45) is 5.38. The van der Waals surface area contributed by atoms with E-state index in [1.165, 1.54) is 22.3 Å². The van der Waals surface area contributed by atoms with Crippen LogP contribution in [0, 0.1) is 0 Å². The van der Waals surface area contributed by atoms with Crippen molar-refractivity contribution in [1.29, 1.82) is 0 Å². The van der Waals surface area contributed by atoms with Crippen molar-refractivity contribution >= 4 is 33.5 Å². The molecule has 6 nitrogen and oxygen atoms in total. The van der Waals surface area contributed by atoms with Gasteiger partial charge in [-0.15, -0.1) is 5.10 Å². The average Bonchev–Trinajstić information content (AvgIpc) is 2.90. The van der Waals surface area contributed by atoms with E-state index in [4.69, 9.17) is 0 Å². The first-order chi connectivity index (χ1) is 9.67. The summed E-state index contributed by atoms with van der Waals surface area (Å²) < 4.78 is 3.98. The Kier molecular flexibility index (Phi) is 3.58. The molecular weight excluding hydrogens is 342 g/mol. The third-order valence-electron chi connectivity index (χ3n) is 2.76. The molecule has 3 aromatic heterocycles. The summed E-state index contributed by atoms with van der Waals surface area (Å²) in [6.45, 7) is 0.580. The zero-order valence-electron chi connectivity index (χ0n) is 10.5. The predicted molar refractivity (Wildman–Crippen MR) is 80.1 cm³/mol. The molecule has 3 rings (SSSR count). The summed E-state index contributed by atoms with van der Waals surface area (Å²) in [6, 6.07) is 5.34. The van der Waals surface area contributed by atoms with E-state index in [1.54, 1.807) is 12.4 Å². The fraction of sp³-hybridized carbons (Fsp3) is 0.167. The minimum Gasteiger partial charge on any atom is -0.312 e. The van der Waals surface area contributed by atoms with Crippen molar-refractivity contribution in [2.75, 3.05) is 6.26 Å². The lowest BCUT2D eigenvalue weighted by atomic mass is 10.3. The van der Waals surface area contributed by atoms with Crippen molar-refractivity contribution in [3.8, 4) is 0 Å². The van der Waals surface area contributed by atoms with Gasteiger partial charge in [0.1, 0.15) is 4.60 Å². The molecular formula is C12H10BrN5OS. The number of pyridine rings is 1. The second kappa shape index (κ2) is 5.37. The summed E-state index contributed by atoms with van der Waals surface area (Å²) in [5.74, 6) is 0.532. The normalized spacial score (nSPS) is 11.1. The molecule has 0 saturated heterocycles. The Morgan fingerprint density at radius 3 is 2.90 bits per heavy atom. The van der Waals surface area contributed by atoms with Gasteiger partial charge in [-0.2, -0.15) is 9.50 Å². The van der Waals surface area contributed by atoms with Crippen LogP contribution in [0.5, 0.6) is 0 Å². The Morgan fingerprint density at radius 2 is 2.20 bits per heavy atom. The van der Waals surface area contributed by atoms with Crippen LogP contribution in [0.15, 0.2) is 45.1 Å². The molecule has 0 fully saturated rings. The van der Waals surface area contributed by atoms with E-state index in [9.17, 15) is 4.79 Å². The highest BCUT2D eigenvalue weighted by molar-refractivity contribution is 9.10. The minimum atomic E-state index is -0.182. The number of fused-ring (bicyclic) bond motifs is 1. The Labute approximate surface area is 127 Å². The van der Waals surface area contributed by atoms with Crippen LogP contribution in [0.25, 0.3) is 5.78 Å². The molecule has 0 amide bonds. The van der Waals surface area contributed by atoms with Gasteiger partial charge in [-0.1, -0.05) is 17.8 Å². The molecule has 0 N–H and O–H groups in total. The van der Waals surface area contributed by atoms with Gasteiger partial charge in [-0.05, 0) is 33.8 Å². The maximum Gasteiger partial charge on any atom is 0.275 e. The zero-order chi connectivity index (χ0) is 14.1. The van der Waals surface area contributed by atoms with Gasteiger partial charge in [0.05, 0.1) is 6.54 Å². The summed E-state index contributed by atoms with van der Waals surface area (Å²) in [7, 11) is 0. The SMILES string of the molecule is CSc1nc2n(Cc3ccc(Br)nc3)ccc(=O)n2n1. The van der Waals surface area contributed by atoms with E-state index >= 15 is 0 Å². The number of halogens is 1. The van der Waals surface area contributed by atoms with Crippen LogP contribution in [0.1, 0.15) is 5.56 Å². The molecule has 20 heavy (non-hydrogen) atoms. The van der Waals surface area contributed by atoms with Crippen LogP contribution in [-0.4, -0.2) is 30.4 Å². The fourth-order valence-corrected chi connectivity index (χ4v) is 2.39. The van der Waals surface area contributed by atoms with Gasteiger partial charge >= 0.3 is 0 Å². The number of hydrogen-bond acceptors (Lipinski definition) is 5. The topological polar surface area (TPSA) is 65.1 Å². The van der Waals surface area contributed by atoms with Crippen molar-refractivity contribution in [2.45, 2.75) is 11.7 Å². The Hall–Kier alpha value is -1.67. The second-order valence-electron chi connectivity index (χ2n) is 4.08. The fourth-order valence-electron chi connectivity index (χ4n) is 1.82. The van der Waals surface area contributed by atoms with Crippen molar-refractivity contribution in [3.63, 3.8) is 0 Å². The standard InChI is InChI=1S/C12H10BrN5OS/c1-20-11-15-12-17(5-4-10(19)18(12)16-11)7-8-2-3-9(13)14-6-8/h2-6H,7H2,1H3. The summed E-state index contributed by atoms with van der Waals surface area (Å²) in [5.41, 5.74) is 0.838. The van der Waals surface area contributed by atoms with Gasteiger partial charge in [0.25, 0.3) is 5.56 Å². The van der Waals surface area contributed by atoms with Crippen LogP contribution in [-0.2, 0) is 6.54 Å². The van der Waals surface area contributed by atoms with Gasteiger partial charge in [-0.3, -0.25) is 4.79 Å². The molecule has 0 saturated carbocycles. The smallest absolute Gasteiger partial charge is 0.275 e. The first-order valence-corrected chi connectivity index (χ1v) is 7.80. The van der Waals surface area contributed by atoms with Crippen molar-refractivity contribution in [1.82, 2.24) is 24.1 Å². The summed E-state index contributed by atoms with van der Waals surface area (Å²) >= 11 is 4.71. The lowest BCUT2D eigenvalue weighted by Crippen LogP contribution is -2.17. The maximum absolute atomic E-state index is 11.8. The number of aromatic nitrogens is 5. The van der Waals surface area contributed by atoms with Gasteiger partial charge in [0.2, 0.25) is 10.9 Å². The molecule has 102 valence electrons. The van der Waals surface area contributed by atoms with Gasteiger partial charge in [0, 0.05) is 18.5 Å². The Balaban J connectivity index is 2.07. The molecule has 0 aliphatic carbocycles. The third-order valence-corrected chi connectivity index (χ3v) is 3.76. The average molecular weight is 352 g/mol. The molecule has 0 bridgehead atoms. The van der Waals surface area contributed by atoms with Gasteiger partial charge in [-0.25, -0.2) is 4.98 Å². The predicted octanol–water partition coefficient (Wildman–Crippen LogP) is 1.82. The van der Waals surface area contributed by atoms with Crippen LogP contribution in [0.3, 0.4) is 0 Å². The van der Waals surface area contributed by atoms with E-state index in [-0.39, 0.29) is 5.56 Å². The lowest BCUT2D eigenvalue weighted by molar-refractivity contribution is 0.751. The van der Waals surface area contributed by atoms with Crippen molar-refractivity contribution in [3.05, 3.63) is 51.1 Å². The van der Waals surface area contributed by atoms with E-state index in [1.807, 2.05) is 23.0 Å². The molecule has 0 unspecified atom stereocenters. The molecule has 3 aromatic rings. The number of thioether (sulfide) groups is 1. The first-order valence-electron chi connectivity index (χ1n) is 5.78. The molecule has 0 aliphatic heterocycles. The van der Waals surface area contributed by atoms with Gasteiger partial charge < -0.3 is 4.57 Å². The van der Waals surface area contributed by atoms with E-state index < -0.39 is 0 Å². The quantitative estimate of drug-likeness (QED) is 0.531. The zero-order valence-corrected chi connectivity index (χ0v) is 12.9. The highest BCUT2D eigenvalue weighted by Gasteiger charge is 2.09. The van der Waals surface area contributed by atoms with E-state index in [2.05, 4.69) is 31.0 Å². The van der Waals surface area contributed by atoms with E-state index in [0.29, 0.717) is 17.5 Å². The summed E-state index contributed by atoms with van der Waals surface area (Å²) in [4.78, 5) is 20.3. The molecule has 0 aromatic carbocycles. The number of nitrogens with zero attached hydrogens (tertiary/aromatic N) is 5. The van der Waals surface area contributed by atoms with Crippen LogP contribution < -0.4 is 5.56 Å². The minimum absolute atomic E-state index is 0.182. The Bertz CT molecular complexity index is 811. The van der Waals surface area contributed by atoms with Gasteiger partial charge in [0.15, 0.2) is 0 Å². The largest absolute Gasteiger partial charge is 0.312 e. The number of hydrogen-bond donors (Lipinski definition) is 0. The summed E-state index contributed by atoms with van der Waals surface area (Å²) in [5, 5.41) is 4.74. The highest BCUT2D eigenvalue weighted by atomic mass is 79.9. The molecule has 0 radical (unpaired) electrons. The molecule has 0 aliphatic rings. The molecule has 0 spiro atoms. The monoisotopic (exact) mass is 351 g/mol. The number of rotatable bonds is 3. The van der Waals surface area contributed by atoms with Crippen LogP contribution in [0.2, 0.25) is 0 Å². The molecule has 8 heteroatoms. The highest BCUT2D eigenvalue weighted by Crippen LogP contribution is 2.12. The third kappa shape index (κ3) is 2.48. The van der Waals surface area contributed by atoms with E-state index in [0.717, 1.165) is 10.2 Å².